The molecule has 10 nitrogen and oxygen atoms in total. The molecule has 0 spiro atoms. The Labute approximate surface area is 287 Å². The zero-order valence-corrected chi connectivity index (χ0v) is 27.7. The first-order valence-electron chi connectivity index (χ1n) is 16.6. The standard InChI is InChI=1S/C37H35ClFN7O3/c1-45-16-26(42-36(48)23-10-8-21(19-47)9-11-23)14-27(45)20-49-37-43-34-29(35(44-37)46-17-24-12-13-25(18-46)41-24)15-40-33(32(34)39)28-6-2-4-22-5-3-7-30(38)31(22)28/h2-11,15,19,24-27,41H,12-14,16-18,20H2,1H3,(H,42,48)/t24?,25?,26-,27+/m1/s1. The summed E-state index contributed by atoms with van der Waals surface area (Å²) < 4.78 is 23.0. The summed E-state index contributed by atoms with van der Waals surface area (Å²) in [5, 5.41) is 9.41. The minimum absolute atomic E-state index is 0.0313. The molecule has 0 saturated carbocycles. The van der Waals surface area contributed by atoms with Crippen LogP contribution < -0.4 is 20.3 Å². The van der Waals surface area contributed by atoms with Crippen LogP contribution in [0.2, 0.25) is 5.02 Å². The van der Waals surface area contributed by atoms with Gasteiger partial charge in [-0.3, -0.25) is 19.5 Å². The number of pyridine rings is 1. The minimum Gasteiger partial charge on any atom is -0.462 e. The van der Waals surface area contributed by atoms with Crippen molar-refractivity contribution in [3.63, 3.8) is 0 Å². The van der Waals surface area contributed by atoms with Gasteiger partial charge in [0.25, 0.3) is 5.91 Å². The molecule has 250 valence electrons. The molecule has 5 aromatic rings. The molecule has 2 aromatic heterocycles. The maximum Gasteiger partial charge on any atom is 0.319 e. The molecule has 3 saturated heterocycles. The molecule has 2 bridgehead atoms. The van der Waals surface area contributed by atoms with E-state index >= 15 is 4.39 Å². The fraction of sp³-hybridized carbons (Fsp3) is 0.324. The summed E-state index contributed by atoms with van der Waals surface area (Å²) in [5.74, 6) is -0.145. The molecule has 2 unspecified atom stereocenters. The lowest BCUT2D eigenvalue weighted by molar-refractivity contribution is 0.0937. The van der Waals surface area contributed by atoms with Crippen LogP contribution in [0.3, 0.4) is 0 Å². The molecule has 0 aliphatic carbocycles. The smallest absolute Gasteiger partial charge is 0.319 e. The second-order valence-electron chi connectivity index (χ2n) is 13.2. The summed E-state index contributed by atoms with van der Waals surface area (Å²) in [4.78, 5) is 42.3. The number of amides is 1. The number of anilines is 1. The number of rotatable bonds is 8. The van der Waals surface area contributed by atoms with E-state index < -0.39 is 5.82 Å². The first kappa shape index (κ1) is 31.6. The van der Waals surface area contributed by atoms with Gasteiger partial charge in [0.1, 0.15) is 29.9 Å². The predicted molar refractivity (Wildman–Crippen MR) is 187 cm³/mol. The zero-order valence-electron chi connectivity index (χ0n) is 26.9. The summed E-state index contributed by atoms with van der Waals surface area (Å²) in [6, 6.07) is 18.4. The number of nitrogens with one attached hydrogen (secondary N) is 2. The highest BCUT2D eigenvalue weighted by atomic mass is 35.5. The van der Waals surface area contributed by atoms with Crippen molar-refractivity contribution in [1.82, 2.24) is 30.5 Å². The number of ether oxygens (including phenoxy) is 1. The zero-order chi connectivity index (χ0) is 33.6. The number of carbonyl (C=O) groups excluding carboxylic acids is 2. The van der Waals surface area contributed by atoms with Crippen LogP contribution in [-0.2, 0) is 0 Å². The topological polar surface area (TPSA) is 113 Å². The fourth-order valence-electron chi connectivity index (χ4n) is 7.51. The normalized spacial score (nSPS) is 22.1. The molecular weight excluding hydrogens is 645 g/mol. The molecule has 4 atom stereocenters. The Balaban J connectivity index is 1.08. The van der Waals surface area contributed by atoms with Crippen molar-refractivity contribution in [3.05, 3.63) is 88.8 Å². The second-order valence-corrected chi connectivity index (χ2v) is 13.7. The van der Waals surface area contributed by atoms with E-state index in [2.05, 4.69) is 30.4 Å². The second kappa shape index (κ2) is 13.0. The minimum atomic E-state index is -0.557. The van der Waals surface area contributed by atoms with Gasteiger partial charge in [0, 0.05) is 77.1 Å². The van der Waals surface area contributed by atoms with Gasteiger partial charge in [0.05, 0.1) is 5.39 Å². The Morgan fingerprint density at radius 2 is 1.82 bits per heavy atom. The molecule has 0 radical (unpaired) electrons. The van der Waals surface area contributed by atoms with Crippen molar-refractivity contribution in [3.8, 4) is 17.3 Å². The largest absolute Gasteiger partial charge is 0.462 e. The molecule has 3 aliphatic heterocycles. The summed E-state index contributed by atoms with van der Waals surface area (Å²) in [7, 11) is 1.98. The van der Waals surface area contributed by atoms with E-state index in [9.17, 15) is 9.59 Å². The molecule has 1 amide bonds. The number of nitrogens with zero attached hydrogens (tertiary/aromatic N) is 5. The monoisotopic (exact) mass is 679 g/mol. The number of benzene rings is 3. The molecule has 49 heavy (non-hydrogen) atoms. The van der Waals surface area contributed by atoms with Crippen LogP contribution in [0.15, 0.2) is 66.9 Å². The number of aromatic nitrogens is 3. The van der Waals surface area contributed by atoms with E-state index in [-0.39, 0.29) is 41.8 Å². The maximum absolute atomic E-state index is 16.7. The SMILES string of the molecule is CN1C[C@H](NC(=O)c2ccc(C=O)cc2)C[C@H]1COc1nc(N2CC3CCC(C2)N3)c2cnc(-c3cccc4cccc(Cl)c34)c(F)c2n1. The number of aldehydes is 1. The average Bonchev–Trinajstić information content (AvgIpc) is 3.65. The number of fused-ring (bicyclic) bond motifs is 4. The van der Waals surface area contributed by atoms with Crippen LogP contribution in [0.1, 0.15) is 40.0 Å². The molecule has 8 rings (SSSR count). The Bertz CT molecular complexity index is 2060. The summed E-state index contributed by atoms with van der Waals surface area (Å²) >= 11 is 6.62. The molecule has 2 N–H and O–H groups in total. The van der Waals surface area contributed by atoms with Crippen LogP contribution in [0.5, 0.6) is 6.01 Å². The summed E-state index contributed by atoms with van der Waals surface area (Å²) in [5.41, 5.74) is 1.91. The van der Waals surface area contributed by atoms with Crippen molar-refractivity contribution >= 4 is 51.3 Å². The van der Waals surface area contributed by atoms with Crippen LogP contribution in [0.4, 0.5) is 10.2 Å². The quantitative estimate of drug-likeness (QED) is 0.212. The highest BCUT2D eigenvalue weighted by Crippen LogP contribution is 2.38. The third-order valence-corrected chi connectivity index (χ3v) is 10.3. The van der Waals surface area contributed by atoms with Crippen LogP contribution in [-0.4, -0.2) is 89.5 Å². The van der Waals surface area contributed by atoms with Crippen molar-refractivity contribution in [2.75, 3.05) is 38.2 Å². The predicted octanol–water partition coefficient (Wildman–Crippen LogP) is 5.27. The van der Waals surface area contributed by atoms with Crippen molar-refractivity contribution in [1.29, 1.82) is 0 Å². The third kappa shape index (κ3) is 6.07. The van der Waals surface area contributed by atoms with Gasteiger partial charge in [0.15, 0.2) is 5.82 Å². The van der Waals surface area contributed by atoms with Gasteiger partial charge in [-0.25, -0.2) is 4.39 Å². The van der Waals surface area contributed by atoms with E-state index in [0.717, 1.165) is 43.0 Å². The number of likely N-dealkylation sites (tertiary alicyclic amines) is 1. The van der Waals surface area contributed by atoms with Crippen LogP contribution in [0.25, 0.3) is 32.9 Å². The van der Waals surface area contributed by atoms with Crippen molar-refractivity contribution in [2.24, 2.45) is 0 Å². The summed E-state index contributed by atoms with van der Waals surface area (Å²) in [6.45, 7) is 2.38. The van der Waals surface area contributed by atoms with E-state index in [4.69, 9.17) is 21.3 Å². The fourth-order valence-corrected chi connectivity index (χ4v) is 7.79. The molecule has 3 fully saturated rings. The number of halogens is 2. The molecule has 12 heteroatoms. The molecular formula is C37H35ClFN7O3. The lowest BCUT2D eigenvalue weighted by Gasteiger charge is -2.34. The first-order valence-corrected chi connectivity index (χ1v) is 17.0. The van der Waals surface area contributed by atoms with Crippen molar-refractivity contribution < 1.29 is 18.7 Å². The van der Waals surface area contributed by atoms with E-state index in [1.165, 1.54) is 0 Å². The number of hydrogen-bond acceptors (Lipinski definition) is 9. The number of likely N-dealkylation sites (N-methyl/N-ethyl adjacent to an activating group) is 1. The lowest BCUT2D eigenvalue weighted by atomic mass is 10.0. The Hall–Kier alpha value is -4.71. The molecule has 5 heterocycles. The van der Waals surface area contributed by atoms with Crippen LogP contribution >= 0.6 is 11.6 Å². The lowest BCUT2D eigenvalue weighted by Crippen LogP contribution is -2.51. The Morgan fingerprint density at radius 3 is 2.57 bits per heavy atom. The van der Waals surface area contributed by atoms with Gasteiger partial charge in [-0.2, -0.15) is 9.97 Å². The number of carbonyl (C=O) groups is 2. The Morgan fingerprint density at radius 1 is 1.06 bits per heavy atom. The van der Waals surface area contributed by atoms with Gasteiger partial charge < -0.3 is 20.3 Å². The van der Waals surface area contributed by atoms with Gasteiger partial charge >= 0.3 is 6.01 Å². The van der Waals surface area contributed by atoms with Gasteiger partial charge in [0.2, 0.25) is 0 Å². The van der Waals surface area contributed by atoms with Gasteiger partial charge in [-0.15, -0.1) is 0 Å². The number of hydrogen-bond donors (Lipinski definition) is 2. The Kier molecular flexibility index (Phi) is 8.35. The van der Waals surface area contributed by atoms with E-state index in [1.807, 2.05) is 37.4 Å². The average molecular weight is 680 g/mol. The van der Waals surface area contributed by atoms with Crippen molar-refractivity contribution in [2.45, 2.75) is 43.4 Å². The molecule has 3 aliphatic rings. The van der Waals surface area contributed by atoms with E-state index in [1.54, 1.807) is 36.5 Å². The van der Waals surface area contributed by atoms with E-state index in [0.29, 0.717) is 58.0 Å². The highest BCUT2D eigenvalue weighted by molar-refractivity contribution is 6.36. The highest BCUT2D eigenvalue weighted by Gasteiger charge is 2.35. The van der Waals surface area contributed by atoms with Crippen LogP contribution in [0, 0.1) is 5.82 Å². The number of piperazine rings is 1. The summed E-state index contributed by atoms with van der Waals surface area (Å²) in [6.07, 6.45) is 5.24. The van der Waals surface area contributed by atoms with Gasteiger partial charge in [-0.05, 0) is 49.9 Å². The maximum atomic E-state index is 16.7. The molecule has 3 aromatic carbocycles. The third-order valence-electron chi connectivity index (χ3n) is 10.0. The van der Waals surface area contributed by atoms with Gasteiger partial charge in [-0.1, -0.05) is 54.1 Å². The first-order chi connectivity index (χ1) is 23.8.